The van der Waals surface area contributed by atoms with Crippen LogP contribution in [0.25, 0.3) is 0 Å². The Morgan fingerprint density at radius 2 is 2.33 bits per heavy atom. The average molecular weight is 208 g/mol. The Morgan fingerprint density at radius 3 is 3.07 bits per heavy atom. The zero-order valence-corrected chi connectivity index (χ0v) is 8.37. The molecule has 0 unspecified atom stereocenters. The Labute approximate surface area is 87.9 Å². The highest BCUT2D eigenvalue weighted by molar-refractivity contribution is 5.78. The third-order valence-electron chi connectivity index (χ3n) is 2.41. The molecule has 1 N–H and O–H groups in total. The summed E-state index contributed by atoms with van der Waals surface area (Å²) in [5.41, 5.74) is 0.907. The molecule has 1 amide bonds. The molecule has 0 radical (unpaired) electrons. The van der Waals surface area contributed by atoms with Gasteiger partial charge in [0.2, 0.25) is 5.91 Å². The highest BCUT2D eigenvalue weighted by atomic mass is 19.1. The van der Waals surface area contributed by atoms with Crippen molar-refractivity contribution in [2.75, 3.05) is 19.6 Å². The summed E-state index contributed by atoms with van der Waals surface area (Å²) in [6.45, 7) is 2.53. The zero-order chi connectivity index (χ0) is 10.7. The molecule has 0 spiro atoms. The van der Waals surface area contributed by atoms with Crippen molar-refractivity contribution in [1.82, 2.24) is 10.2 Å². The minimum atomic E-state index is -0.228. The first-order valence-corrected chi connectivity index (χ1v) is 4.97. The van der Waals surface area contributed by atoms with E-state index < -0.39 is 0 Å². The Kier molecular flexibility index (Phi) is 2.97. The molecule has 1 aliphatic heterocycles. The fraction of sp³-hybridized carbons (Fsp3) is 0.364. The maximum atomic E-state index is 12.9. The number of benzene rings is 1. The number of amides is 1. The van der Waals surface area contributed by atoms with Crippen molar-refractivity contribution in [1.29, 1.82) is 0 Å². The van der Waals surface area contributed by atoms with Crippen LogP contribution in [0.2, 0.25) is 0 Å². The maximum Gasteiger partial charge on any atom is 0.234 e. The summed E-state index contributed by atoms with van der Waals surface area (Å²) in [5, 5.41) is 2.75. The fourth-order valence-corrected chi connectivity index (χ4v) is 1.72. The molecular weight excluding hydrogens is 195 g/mol. The van der Waals surface area contributed by atoms with Crippen molar-refractivity contribution in [2.45, 2.75) is 6.54 Å². The van der Waals surface area contributed by atoms with Gasteiger partial charge in [0, 0.05) is 19.6 Å². The summed E-state index contributed by atoms with van der Waals surface area (Å²) in [5.74, 6) is -0.188. The first-order chi connectivity index (χ1) is 7.24. The molecule has 0 aromatic heterocycles. The molecule has 1 saturated heterocycles. The van der Waals surface area contributed by atoms with Gasteiger partial charge in [-0.2, -0.15) is 0 Å². The van der Waals surface area contributed by atoms with Crippen LogP contribution < -0.4 is 5.32 Å². The van der Waals surface area contributed by atoms with Crippen LogP contribution in [0.3, 0.4) is 0 Å². The Morgan fingerprint density at radius 1 is 1.47 bits per heavy atom. The van der Waals surface area contributed by atoms with Gasteiger partial charge < -0.3 is 5.32 Å². The van der Waals surface area contributed by atoms with E-state index in [0.717, 1.165) is 12.1 Å². The van der Waals surface area contributed by atoms with Gasteiger partial charge in [0.05, 0.1) is 6.54 Å². The summed E-state index contributed by atoms with van der Waals surface area (Å²) in [6.07, 6.45) is 0. The van der Waals surface area contributed by atoms with Gasteiger partial charge >= 0.3 is 0 Å². The van der Waals surface area contributed by atoms with Gasteiger partial charge in [-0.3, -0.25) is 9.69 Å². The van der Waals surface area contributed by atoms with Crippen LogP contribution >= 0.6 is 0 Å². The number of rotatable bonds is 2. The highest BCUT2D eigenvalue weighted by Gasteiger charge is 2.15. The number of nitrogens with one attached hydrogen (secondary N) is 1. The molecule has 0 atom stereocenters. The monoisotopic (exact) mass is 208 g/mol. The molecule has 1 aromatic carbocycles. The zero-order valence-electron chi connectivity index (χ0n) is 8.37. The van der Waals surface area contributed by atoms with E-state index >= 15 is 0 Å². The SMILES string of the molecule is O=C1CN(Cc2cccc(F)c2)CCN1. The van der Waals surface area contributed by atoms with Crippen molar-refractivity contribution in [2.24, 2.45) is 0 Å². The Bertz CT molecular complexity index is 367. The van der Waals surface area contributed by atoms with E-state index in [4.69, 9.17) is 0 Å². The molecule has 2 rings (SSSR count). The molecule has 1 aromatic rings. The molecular formula is C11H13FN2O. The standard InChI is InChI=1S/C11H13FN2O/c12-10-3-1-2-9(6-10)7-14-5-4-13-11(15)8-14/h1-3,6H,4-5,7-8H2,(H,13,15). The van der Waals surface area contributed by atoms with E-state index in [9.17, 15) is 9.18 Å². The molecule has 0 bridgehead atoms. The summed E-state index contributed by atoms with van der Waals surface area (Å²) in [4.78, 5) is 13.1. The minimum absolute atomic E-state index is 0.0395. The predicted octanol–water partition coefficient (Wildman–Crippen LogP) is 0.758. The second-order valence-electron chi connectivity index (χ2n) is 3.69. The first kappa shape index (κ1) is 10.1. The lowest BCUT2D eigenvalue weighted by atomic mass is 10.2. The van der Waals surface area contributed by atoms with Gasteiger partial charge in [0.15, 0.2) is 0 Å². The van der Waals surface area contributed by atoms with E-state index in [-0.39, 0.29) is 11.7 Å². The van der Waals surface area contributed by atoms with Gasteiger partial charge in [-0.15, -0.1) is 0 Å². The molecule has 3 nitrogen and oxygen atoms in total. The van der Waals surface area contributed by atoms with E-state index in [2.05, 4.69) is 5.32 Å². The van der Waals surface area contributed by atoms with Crippen LogP contribution in [0.5, 0.6) is 0 Å². The van der Waals surface area contributed by atoms with Gasteiger partial charge in [0.25, 0.3) is 0 Å². The van der Waals surface area contributed by atoms with E-state index in [1.54, 1.807) is 6.07 Å². The number of halogens is 1. The van der Waals surface area contributed by atoms with Crippen molar-refractivity contribution < 1.29 is 9.18 Å². The number of piperazine rings is 1. The number of hydrogen-bond acceptors (Lipinski definition) is 2. The first-order valence-electron chi connectivity index (χ1n) is 4.97. The third kappa shape index (κ3) is 2.76. The summed E-state index contributed by atoms with van der Waals surface area (Å²) in [7, 11) is 0. The van der Waals surface area contributed by atoms with E-state index in [0.29, 0.717) is 19.6 Å². The van der Waals surface area contributed by atoms with Crippen LogP contribution in [0.4, 0.5) is 4.39 Å². The number of hydrogen-bond donors (Lipinski definition) is 1. The van der Waals surface area contributed by atoms with Crippen LogP contribution in [-0.2, 0) is 11.3 Å². The van der Waals surface area contributed by atoms with Crippen LogP contribution in [0.15, 0.2) is 24.3 Å². The molecule has 0 saturated carbocycles. The molecule has 0 aliphatic carbocycles. The van der Waals surface area contributed by atoms with Crippen LogP contribution in [0, 0.1) is 5.82 Å². The summed E-state index contributed by atoms with van der Waals surface area (Å²) in [6, 6.07) is 6.49. The third-order valence-corrected chi connectivity index (χ3v) is 2.41. The lowest BCUT2D eigenvalue weighted by molar-refractivity contribution is -0.124. The maximum absolute atomic E-state index is 12.9. The molecule has 1 aliphatic rings. The molecule has 4 heteroatoms. The van der Waals surface area contributed by atoms with Crippen LogP contribution in [0.1, 0.15) is 5.56 Å². The molecule has 1 fully saturated rings. The summed E-state index contributed by atoms with van der Waals surface area (Å²) < 4.78 is 12.9. The van der Waals surface area contributed by atoms with Crippen molar-refractivity contribution in [3.05, 3.63) is 35.6 Å². The van der Waals surface area contributed by atoms with E-state index in [1.807, 2.05) is 11.0 Å². The van der Waals surface area contributed by atoms with Gasteiger partial charge in [0.1, 0.15) is 5.82 Å². The van der Waals surface area contributed by atoms with E-state index in [1.165, 1.54) is 12.1 Å². The van der Waals surface area contributed by atoms with Gasteiger partial charge in [-0.25, -0.2) is 4.39 Å². The lowest BCUT2D eigenvalue weighted by Crippen LogP contribution is -2.47. The average Bonchev–Trinajstić information content (AvgIpc) is 2.17. The van der Waals surface area contributed by atoms with Crippen molar-refractivity contribution in [3.8, 4) is 0 Å². The largest absolute Gasteiger partial charge is 0.354 e. The lowest BCUT2D eigenvalue weighted by Gasteiger charge is -2.26. The van der Waals surface area contributed by atoms with Crippen molar-refractivity contribution in [3.63, 3.8) is 0 Å². The number of carbonyl (C=O) groups excluding carboxylic acids is 1. The van der Waals surface area contributed by atoms with Gasteiger partial charge in [-0.05, 0) is 17.7 Å². The second kappa shape index (κ2) is 4.40. The smallest absolute Gasteiger partial charge is 0.234 e. The Hall–Kier alpha value is -1.42. The molecule has 1 heterocycles. The molecule has 80 valence electrons. The number of carbonyl (C=O) groups is 1. The van der Waals surface area contributed by atoms with Gasteiger partial charge in [-0.1, -0.05) is 12.1 Å². The second-order valence-corrected chi connectivity index (χ2v) is 3.69. The topological polar surface area (TPSA) is 32.3 Å². The van der Waals surface area contributed by atoms with Crippen molar-refractivity contribution >= 4 is 5.91 Å². The predicted molar refractivity (Wildman–Crippen MR) is 54.7 cm³/mol. The Balaban J connectivity index is 1.99. The number of nitrogens with zero attached hydrogens (tertiary/aromatic N) is 1. The minimum Gasteiger partial charge on any atom is -0.354 e. The fourth-order valence-electron chi connectivity index (χ4n) is 1.72. The quantitative estimate of drug-likeness (QED) is 0.778. The highest BCUT2D eigenvalue weighted by Crippen LogP contribution is 2.07. The summed E-state index contributed by atoms with van der Waals surface area (Å²) >= 11 is 0. The molecule has 15 heavy (non-hydrogen) atoms. The van der Waals surface area contributed by atoms with Crippen LogP contribution in [-0.4, -0.2) is 30.4 Å². The normalized spacial score (nSPS) is 17.5.